The van der Waals surface area contributed by atoms with E-state index in [-0.39, 0.29) is 0 Å². The fourth-order valence-corrected chi connectivity index (χ4v) is 3.28. The van der Waals surface area contributed by atoms with Crippen LogP contribution in [0.2, 0.25) is 0 Å². The maximum Gasteiger partial charge on any atom is 0.0462 e. The van der Waals surface area contributed by atoms with Crippen molar-refractivity contribution in [1.82, 2.24) is 5.32 Å². The van der Waals surface area contributed by atoms with Crippen LogP contribution in [0.5, 0.6) is 0 Å². The summed E-state index contributed by atoms with van der Waals surface area (Å²) in [5.41, 5.74) is 0. The third kappa shape index (κ3) is 5.43. The fraction of sp³-hybridized carbons (Fsp3) is 0.667. The highest BCUT2D eigenvalue weighted by molar-refractivity contribution is 9.10. The average Bonchev–Trinajstić information content (AvgIpc) is 2.65. The van der Waals surface area contributed by atoms with Crippen molar-refractivity contribution in [3.05, 3.63) is 20.8 Å². The van der Waals surface area contributed by atoms with Gasteiger partial charge in [-0.15, -0.1) is 11.3 Å². The molecule has 92 valence electrons. The summed E-state index contributed by atoms with van der Waals surface area (Å²) >= 11 is 5.32. The fourth-order valence-electron chi connectivity index (χ4n) is 1.74. The number of methoxy groups -OCH3 is 1. The first-order chi connectivity index (χ1) is 7.76. The lowest BCUT2D eigenvalue weighted by Crippen LogP contribution is -2.30. The van der Waals surface area contributed by atoms with E-state index in [0.717, 1.165) is 26.0 Å². The van der Waals surface area contributed by atoms with E-state index < -0.39 is 0 Å². The summed E-state index contributed by atoms with van der Waals surface area (Å²) < 4.78 is 6.29. The second-order valence-corrected chi connectivity index (χ2v) is 5.74. The zero-order valence-corrected chi connectivity index (χ0v) is 12.4. The highest BCUT2D eigenvalue weighted by atomic mass is 79.9. The molecule has 16 heavy (non-hydrogen) atoms. The summed E-state index contributed by atoms with van der Waals surface area (Å²) in [6.07, 6.45) is 3.42. The van der Waals surface area contributed by atoms with Gasteiger partial charge in [0.15, 0.2) is 0 Å². The standard InChI is InChI=1S/C12H20BrNOS/c1-3-14-11(5-4-6-15-2)8-12-7-10(13)9-16-12/h7,9,11,14H,3-6,8H2,1-2H3. The number of thiophene rings is 1. The van der Waals surface area contributed by atoms with Gasteiger partial charge >= 0.3 is 0 Å². The van der Waals surface area contributed by atoms with Gasteiger partial charge in [-0.3, -0.25) is 0 Å². The Kier molecular flexibility index (Phi) is 7.28. The summed E-state index contributed by atoms with van der Waals surface area (Å²) in [7, 11) is 1.76. The normalized spacial score (nSPS) is 12.9. The van der Waals surface area contributed by atoms with Crippen molar-refractivity contribution in [2.75, 3.05) is 20.3 Å². The Bertz CT molecular complexity index is 290. The van der Waals surface area contributed by atoms with Crippen LogP contribution in [0.3, 0.4) is 0 Å². The van der Waals surface area contributed by atoms with E-state index in [4.69, 9.17) is 4.74 Å². The molecule has 0 aromatic carbocycles. The second-order valence-electron chi connectivity index (χ2n) is 3.82. The molecule has 0 aliphatic carbocycles. The van der Waals surface area contributed by atoms with E-state index in [1.165, 1.54) is 15.8 Å². The molecule has 1 N–H and O–H groups in total. The molecule has 4 heteroatoms. The lowest BCUT2D eigenvalue weighted by atomic mass is 10.1. The number of hydrogen-bond donors (Lipinski definition) is 1. The van der Waals surface area contributed by atoms with Crippen LogP contribution in [0, 0.1) is 0 Å². The zero-order chi connectivity index (χ0) is 11.8. The van der Waals surface area contributed by atoms with Gasteiger partial charge in [0, 0.05) is 34.5 Å². The lowest BCUT2D eigenvalue weighted by Gasteiger charge is -2.16. The molecule has 0 fully saturated rings. The van der Waals surface area contributed by atoms with Gasteiger partial charge in [-0.25, -0.2) is 0 Å². The van der Waals surface area contributed by atoms with Crippen LogP contribution in [0.25, 0.3) is 0 Å². The van der Waals surface area contributed by atoms with Gasteiger partial charge in [0.25, 0.3) is 0 Å². The molecule has 0 radical (unpaired) electrons. The first-order valence-corrected chi connectivity index (χ1v) is 7.38. The monoisotopic (exact) mass is 305 g/mol. The number of rotatable bonds is 8. The molecule has 0 aliphatic rings. The molecule has 1 aromatic rings. The van der Waals surface area contributed by atoms with Crippen molar-refractivity contribution in [2.24, 2.45) is 0 Å². The minimum absolute atomic E-state index is 0.575. The Hall–Kier alpha value is 0.1000. The van der Waals surface area contributed by atoms with Gasteiger partial charge in [-0.1, -0.05) is 6.92 Å². The van der Waals surface area contributed by atoms with Gasteiger partial charge < -0.3 is 10.1 Å². The number of ether oxygens (including phenoxy) is 1. The van der Waals surface area contributed by atoms with Gasteiger partial charge in [0.1, 0.15) is 0 Å². The molecular formula is C12H20BrNOS. The zero-order valence-electron chi connectivity index (χ0n) is 9.96. The minimum atomic E-state index is 0.575. The number of halogens is 1. The average molecular weight is 306 g/mol. The van der Waals surface area contributed by atoms with Crippen molar-refractivity contribution >= 4 is 27.3 Å². The van der Waals surface area contributed by atoms with Gasteiger partial charge in [0.2, 0.25) is 0 Å². The Labute approximate surface area is 111 Å². The van der Waals surface area contributed by atoms with Crippen molar-refractivity contribution in [3.8, 4) is 0 Å². The maximum absolute atomic E-state index is 5.09. The maximum atomic E-state index is 5.09. The van der Waals surface area contributed by atoms with E-state index >= 15 is 0 Å². The largest absolute Gasteiger partial charge is 0.385 e. The molecular weight excluding hydrogens is 286 g/mol. The topological polar surface area (TPSA) is 21.3 Å². The summed E-state index contributed by atoms with van der Waals surface area (Å²) in [6, 6.07) is 2.79. The van der Waals surface area contributed by atoms with Crippen molar-refractivity contribution in [2.45, 2.75) is 32.2 Å². The molecule has 0 aliphatic heterocycles. The van der Waals surface area contributed by atoms with Crippen LogP contribution in [0.4, 0.5) is 0 Å². The van der Waals surface area contributed by atoms with Crippen LogP contribution >= 0.6 is 27.3 Å². The van der Waals surface area contributed by atoms with Gasteiger partial charge in [0.05, 0.1) is 0 Å². The third-order valence-electron chi connectivity index (χ3n) is 2.46. The van der Waals surface area contributed by atoms with Crippen LogP contribution in [-0.2, 0) is 11.2 Å². The second kappa shape index (κ2) is 8.23. The lowest BCUT2D eigenvalue weighted by molar-refractivity contribution is 0.188. The highest BCUT2D eigenvalue weighted by Gasteiger charge is 2.09. The number of likely N-dealkylation sites (N-methyl/N-ethyl adjacent to an activating group) is 1. The van der Waals surface area contributed by atoms with E-state index in [1.807, 2.05) is 11.3 Å². The molecule has 0 saturated carbocycles. The van der Waals surface area contributed by atoms with Crippen LogP contribution in [-0.4, -0.2) is 26.3 Å². The Balaban J connectivity index is 2.37. The van der Waals surface area contributed by atoms with Gasteiger partial charge in [-0.2, -0.15) is 0 Å². The first kappa shape index (κ1) is 14.2. The molecule has 1 atom stereocenters. The van der Waals surface area contributed by atoms with E-state index in [2.05, 4.69) is 39.6 Å². The SMILES string of the molecule is CCNC(CCCOC)Cc1cc(Br)cs1. The summed E-state index contributed by atoms with van der Waals surface area (Å²) in [4.78, 5) is 1.44. The van der Waals surface area contributed by atoms with Crippen LogP contribution in [0.1, 0.15) is 24.6 Å². The molecule has 0 spiro atoms. The van der Waals surface area contributed by atoms with Crippen molar-refractivity contribution in [1.29, 1.82) is 0 Å². The predicted octanol–water partition coefficient (Wildman–Crippen LogP) is 3.46. The van der Waals surface area contributed by atoms with E-state index in [9.17, 15) is 0 Å². The van der Waals surface area contributed by atoms with E-state index in [0.29, 0.717) is 6.04 Å². The molecule has 0 amide bonds. The predicted molar refractivity (Wildman–Crippen MR) is 74.3 cm³/mol. The molecule has 0 bridgehead atoms. The number of nitrogens with one attached hydrogen (secondary N) is 1. The van der Waals surface area contributed by atoms with Gasteiger partial charge in [-0.05, 0) is 47.8 Å². The summed E-state index contributed by atoms with van der Waals surface area (Å²) in [5.74, 6) is 0. The number of hydrogen-bond acceptors (Lipinski definition) is 3. The first-order valence-electron chi connectivity index (χ1n) is 5.71. The van der Waals surface area contributed by atoms with Crippen LogP contribution < -0.4 is 5.32 Å². The third-order valence-corrected chi connectivity index (χ3v) is 4.18. The summed E-state index contributed by atoms with van der Waals surface area (Å²) in [6.45, 7) is 4.05. The molecule has 1 unspecified atom stereocenters. The quantitative estimate of drug-likeness (QED) is 0.743. The minimum Gasteiger partial charge on any atom is -0.385 e. The van der Waals surface area contributed by atoms with Crippen molar-refractivity contribution in [3.63, 3.8) is 0 Å². The molecule has 1 aromatic heterocycles. The summed E-state index contributed by atoms with van der Waals surface area (Å²) in [5, 5.41) is 5.68. The Morgan fingerprint density at radius 2 is 2.38 bits per heavy atom. The molecule has 2 nitrogen and oxygen atoms in total. The molecule has 1 heterocycles. The highest BCUT2D eigenvalue weighted by Crippen LogP contribution is 2.21. The smallest absolute Gasteiger partial charge is 0.0462 e. The van der Waals surface area contributed by atoms with Crippen LogP contribution in [0.15, 0.2) is 15.9 Å². The molecule has 1 rings (SSSR count). The van der Waals surface area contributed by atoms with Crippen molar-refractivity contribution < 1.29 is 4.74 Å². The Morgan fingerprint density at radius 1 is 1.56 bits per heavy atom. The van der Waals surface area contributed by atoms with E-state index in [1.54, 1.807) is 7.11 Å². The molecule has 0 saturated heterocycles. The Morgan fingerprint density at radius 3 is 2.94 bits per heavy atom.